The SMILES string of the molecule is CCCC(O)C#Cc1csc2c(NCCCc3ccccc3)nc(-c3ccncc3)nc12. The highest BCUT2D eigenvalue weighted by atomic mass is 32.1. The van der Waals surface area contributed by atoms with Gasteiger partial charge in [0.25, 0.3) is 0 Å². The van der Waals surface area contributed by atoms with Gasteiger partial charge in [0.2, 0.25) is 0 Å². The Morgan fingerprint density at radius 3 is 2.69 bits per heavy atom. The van der Waals surface area contributed by atoms with E-state index in [2.05, 4.69) is 46.4 Å². The molecule has 0 aliphatic heterocycles. The molecule has 2 N–H and O–H groups in total. The first-order valence-corrected chi connectivity index (χ1v) is 11.8. The molecule has 0 saturated carbocycles. The first-order chi connectivity index (χ1) is 15.7. The fourth-order valence-corrected chi connectivity index (χ4v) is 4.31. The third-order valence-electron chi connectivity index (χ3n) is 5.07. The van der Waals surface area contributed by atoms with Crippen LogP contribution in [0.25, 0.3) is 21.6 Å². The van der Waals surface area contributed by atoms with E-state index in [1.165, 1.54) is 5.56 Å². The maximum Gasteiger partial charge on any atom is 0.162 e. The Morgan fingerprint density at radius 1 is 1.09 bits per heavy atom. The molecule has 0 aliphatic carbocycles. The van der Waals surface area contributed by atoms with E-state index in [0.29, 0.717) is 12.2 Å². The van der Waals surface area contributed by atoms with Crippen LogP contribution in [0.2, 0.25) is 0 Å². The van der Waals surface area contributed by atoms with Crippen molar-refractivity contribution in [2.45, 2.75) is 38.7 Å². The fourth-order valence-electron chi connectivity index (χ4n) is 3.41. The van der Waals surface area contributed by atoms with Crippen molar-refractivity contribution < 1.29 is 5.11 Å². The van der Waals surface area contributed by atoms with Crippen LogP contribution in [0.15, 0.2) is 60.2 Å². The normalized spacial score (nSPS) is 11.7. The predicted molar refractivity (Wildman–Crippen MR) is 132 cm³/mol. The number of fused-ring (bicyclic) bond motifs is 1. The van der Waals surface area contributed by atoms with Gasteiger partial charge in [-0.15, -0.1) is 11.3 Å². The van der Waals surface area contributed by atoms with Gasteiger partial charge in [-0.3, -0.25) is 4.98 Å². The molecule has 3 aromatic heterocycles. The maximum atomic E-state index is 10.0. The summed E-state index contributed by atoms with van der Waals surface area (Å²) < 4.78 is 0.983. The Labute approximate surface area is 192 Å². The van der Waals surface area contributed by atoms with Crippen molar-refractivity contribution in [1.82, 2.24) is 15.0 Å². The Balaban J connectivity index is 1.61. The Bertz CT molecular complexity index is 1210. The number of anilines is 1. The largest absolute Gasteiger partial charge is 0.380 e. The molecule has 3 heterocycles. The third kappa shape index (κ3) is 5.50. The molecule has 1 atom stereocenters. The second-order valence-electron chi connectivity index (χ2n) is 7.55. The molecule has 0 bridgehead atoms. The van der Waals surface area contributed by atoms with Crippen molar-refractivity contribution in [3.63, 3.8) is 0 Å². The molecule has 5 nitrogen and oxygen atoms in total. The minimum atomic E-state index is -0.618. The van der Waals surface area contributed by atoms with Crippen LogP contribution in [0, 0.1) is 11.8 Å². The molecule has 0 fully saturated rings. The molecule has 32 heavy (non-hydrogen) atoms. The lowest BCUT2D eigenvalue weighted by Crippen LogP contribution is -2.06. The summed E-state index contributed by atoms with van der Waals surface area (Å²) in [7, 11) is 0. The van der Waals surface area contributed by atoms with Crippen molar-refractivity contribution >= 4 is 27.4 Å². The molecular weight excluding hydrogens is 416 g/mol. The molecule has 1 aromatic carbocycles. The number of aromatic nitrogens is 3. The van der Waals surface area contributed by atoms with Crippen LogP contribution in [-0.4, -0.2) is 32.7 Å². The van der Waals surface area contributed by atoms with Gasteiger partial charge in [0.1, 0.15) is 17.4 Å². The number of hydrogen-bond donors (Lipinski definition) is 2. The Kier molecular flexibility index (Phi) is 7.44. The van der Waals surface area contributed by atoms with Gasteiger partial charge in [0.15, 0.2) is 5.82 Å². The van der Waals surface area contributed by atoms with E-state index < -0.39 is 6.10 Å². The van der Waals surface area contributed by atoms with Crippen molar-refractivity contribution in [2.24, 2.45) is 0 Å². The first-order valence-electron chi connectivity index (χ1n) is 10.9. The van der Waals surface area contributed by atoms with Crippen LogP contribution in [0.1, 0.15) is 37.3 Å². The molecule has 4 rings (SSSR count). The number of benzene rings is 1. The van der Waals surface area contributed by atoms with E-state index in [-0.39, 0.29) is 0 Å². The molecule has 6 heteroatoms. The van der Waals surface area contributed by atoms with Crippen LogP contribution in [-0.2, 0) is 6.42 Å². The molecular formula is C26H26N4OS. The summed E-state index contributed by atoms with van der Waals surface area (Å²) in [6.45, 7) is 2.85. The summed E-state index contributed by atoms with van der Waals surface area (Å²) in [5, 5.41) is 15.5. The van der Waals surface area contributed by atoms with E-state index in [1.54, 1.807) is 23.7 Å². The molecule has 4 aromatic rings. The number of nitrogens with zero attached hydrogens (tertiary/aromatic N) is 3. The average molecular weight is 443 g/mol. The molecule has 0 radical (unpaired) electrons. The van der Waals surface area contributed by atoms with E-state index in [4.69, 9.17) is 9.97 Å². The number of aryl methyl sites for hydroxylation is 1. The summed E-state index contributed by atoms with van der Waals surface area (Å²) >= 11 is 1.58. The number of aliphatic hydroxyl groups is 1. The Morgan fingerprint density at radius 2 is 1.91 bits per heavy atom. The number of aliphatic hydroxyl groups excluding tert-OH is 1. The Hall–Kier alpha value is -3.27. The third-order valence-corrected chi connectivity index (χ3v) is 6.04. The lowest BCUT2D eigenvalue weighted by molar-refractivity contribution is 0.221. The molecule has 1 unspecified atom stereocenters. The van der Waals surface area contributed by atoms with Crippen molar-refractivity contribution in [3.8, 4) is 23.2 Å². The van der Waals surface area contributed by atoms with Crippen LogP contribution in [0.5, 0.6) is 0 Å². The summed E-state index contributed by atoms with van der Waals surface area (Å²) in [4.78, 5) is 13.7. The van der Waals surface area contributed by atoms with Crippen LogP contribution in [0.3, 0.4) is 0 Å². The van der Waals surface area contributed by atoms with Gasteiger partial charge in [-0.2, -0.15) is 0 Å². The lowest BCUT2D eigenvalue weighted by Gasteiger charge is -2.09. The smallest absolute Gasteiger partial charge is 0.162 e. The minimum Gasteiger partial charge on any atom is -0.380 e. The number of pyridine rings is 1. The second-order valence-corrected chi connectivity index (χ2v) is 8.43. The van der Waals surface area contributed by atoms with Crippen molar-refractivity contribution in [3.05, 3.63) is 71.4 Å². The number of nitrogens with one attached hydrogen (secondary N) is 1. The zero-order chi connectivity index (χ0) is 22.2. The van der Waals surface area contributed by atoms with Crippen LogP contribution < -0.4 is 5.32 Å². The highest BCUT2D eigenvalue weighted by Gasteiger charge is 2.14. The van der Waals surface area contributed by atoms with Crippen LogP contribution in [0.4, 0.5) is 5.82 Å². The lowest BCUT2D eigenvalue weighted by atomic mass is 10.1. The zero-order valence-corrected chi connectivity index (χ0v) is 18.9. The quantitative estimate of drug-likeness (QED) is 0.286. The molecule has 0 aliphatic rings. The van der Waals surface area contributed by atoms with E-state index in [9.17, 15) is 5.11 Å². The monoisotopic (exact) mass is 442 g/mol. The molecule has 0 spiro atoms. The first kappa shape index (κ1) is 21.9. The van der Waals surface area contributed by atoms with Gasteiger partial charge in [-0.25, -0.2) is 9.97 Å². The van der Waals surface area contributed by atoms with Gasteiger partial charge in [-0.05, 0) is 37.0 Å². The number of rotatable bonds is 8. The van der Waals surface area contributed by atoms with Gasteiger partial charge < -0.3 is 10.4 Å². The topological polar surface area (TPSA) is 70.9 Å². The summed E-state index contributed by atoms with van der Waals surface area (Å²) in [5.74, 6) is 7.54. The minimum absolute atomic E-state index is 0.618. The van der Waals surface area contributed by atoms with Gasteiger partial charge >= 0.3 is 0 Å². The maximum absolute atomic E-state index is 10.0. The summed E-state index contributed by atoms with van der Waals surface area (Å²) in [6.07, 6.45) is 6.44. The van der Waals surface area contributed by atoms with E-state index >= 15 is 0 Å². The predicted octanol–water partition coefficient (Wildman–Crippen LogP) is 5.31. The van der Waals surface area contributed by atoms with Gasteiger partial charge in [-0.1, -0.05) is 55.5 Å². The number of hydrogen-bond acceptors (Lipinski definition) is 6. The highest BCUT2D eigenvalue weighted by molar-refractivity contribution is 7.18. The van der Waals surface area contributed by atoms with Gasteiger partial charge in [0.05, 0.1) is 10.3 Å². The van der Waals surface area contributed by atoms with E-state index in [0.717, 1.165) is 53.0 Å². The fraction of sp³-hybridized carbons (Fsp3) is 0.269. The van der Waals surface area contributed by atoms with Crippen molar-refractivity contribution in [2.75, 3.05) is 11.9 Å². The zero-order valence-electron chi connectivity index (χ0n) is 18.1. The standard InChI is InChI=1S/C26H26N4OS/c1-2-7-22(31)12-11-21-18-32-24-23(21)29-25(20-13-16-27-17-14-20)30-26(24)28-15-6-10-19-8-4-3-5-9-19/h3-5,8-9,13-14,16-18,22,31H,2,6-7,10,15H2,1H3,(H,28,29,30). The molecule has 162 valence electrons. The second kappa shape index (κ2) is 10.9. The van der Waals surface area contributed by atoms with E-state index in [1.807, 2.05) is 30.5 Å². The summed E-state index contributed by atoms with van der Waals surface area (Å²) in [5.41, 5.74) is 3.88. The highest BCUT2D eigenvalue weighted by Crippen LogP contribution is 2.32. The van der Waals surface area contributed by atoms with Gasteiger partial charge in [0, 0.05) is 29.9 Å². The van der Waals surface area contributed by atoms with Crippen molar-refractivity contribution in [1.29, 1.82) is 0 Å². The molecule has 0 saturated heterocycles. The number of thiophene rings is 1. The summed E-state index contributed by atoms with van der Waals surface area (Å²) in [6, 6.07) is 14.3. The van der Waals surface area contributed by atoms with Crippen LogP contribution >= 0.6 is 11.3 Å². The molecule has 0 amide bonds. The average Bonchev–Trinajstić information content (AvgIpc) is 3.25.